The van der Waals surface area contributed by atoms with Crippen LogP contribution >= 0.6 is 0 Å². The lowest BCUT2D eigenvalue weighted by Crippen LogP contribution is -2.14. The molecule has 0 aliphatic heterocycles. The summed E-state index contributed by atoms with van der Waals surface area (Å²) < 4.78 is 6.78. The van der Waals surface area contributed by atoms with Crippen LogP contribution in [-0.4, -0.2) is 19.9 Å². The van der Waals surface area contributed by atoms with Gasteiger partial charge in [-0.15, -0.1) is 0 Å². The van der Waals surface area contributed by atoms with E-state index in [2.05, 4.69) is 42.0 Å². The number of hydrogen-bond donors (Lipinski definition) is 1. The minimum Gasteiger partial charge on any atom is -0.343 e. The molecule has 96 valence electrons. The predicted octanol–water partition coefficient (Wildman–Crippen LogP) is 1.67. The molecule has 1 aliphatic rings. The molecule has 0 amide bonds. The second-order valence-corrected chi connectivity index (χ2v) is 4.68. The molecule has 6 heteroatoms. The topological polar surface area (TPSA) is 68.8 Å². The van der Waals surface area contributed by atoms with E-state index in [1.807, 2.05) is 0 Å². The molecule has 0 bridgehead atoms. The Morgan fingerprint density at radius 1 is 1.33 bits per heavy atom. The molecule has 1 N–H and O–H groups in total. The normalized spacial score (nSPS) is 16.4. The summed E-state index contributed by atoms with van der Waals surface area (Å²) in [4.78, 5) is 3.95. The van der Waals surface area contributed by atoms with Crippen molar-refractivity contribution in [2.24, 2.45) is 0 Å². The Morgan fingerprint density at radius 3 is 3.00 bits per heavy atom. The van der Waals surface area contributed by atoms with Crippen LogP contribution in [0.1, 0.15) is 43.2 Å². The van der Waals surface area contributed by atoms with Gasteiger partial charge in [-0.3, -0.25) is 4.68 Å². The molecule has 1 fully saturated rings. The average Bonchev–Trinajstić information content (AvgIpc) is 3.12. The van der Waals surface area contributed by atoms with E-state index in [1.165, 1.54) is 32.1 Å². The highest BCUT2D eigenvalue weighted by Gasteiger charge is 2.17. The first-order valence-corrected chi connectivity index (χ1v) is 6.42. The summed E-state index contributed by atoms with van der Waals surface area (Å²) in [5.41, 5.74) is 1.06. The van der Waals surface area contributed by atoms with Gasteiger partial charge < -0.3 is 9.84 Å². The summed E-state index contributed by atoms with van der Waals surface area (Å²) in [6.07, 6.45) is 8.61. The van der Waals surface area contributed by atoms with Crippen LogP contribution < -0.4 is 5.32 Å². The fourth-order valence-electron chi connectivity index (χ4n) is 2.42. The van der Waals surface area contributed by atoms with E-state index in [0.717, 1.165) is 12.2 Å². The third-order valence-corrected chi connectivity index (χ3v) is 3.36. The number of nitrogens with one attached hydrogen (secondary N) is 1. The highest BCUT2D eigenvalue weighted by molar-refractivity contribution is 5.00. The van der Waals surface area contributed by atoms with Crippen molar-refractivity contribution in [2.75, 3.05) is 0 Å². The van der Waals surface area contributed by atoms with Crippen LogP contribution in [0, 0.1) is 0 Å². The Hall–Kier alpha value is -1.69. The molecule has 6 nitrogen and oxygen atoms in total. The SMILES string of the molecule is c1nc(CNCc2ccn(C3CCCC3)n2)no1. The molecule has 0 atom stereocenters. The van der Waals surface area contributed by atoms with E-state index < -0.39 is 0 Å². The van der Waals surface area contributed by atoms with Gasteiger partial charge in [0, 0.05) is 12.7 Å². The maximum absolute atomic E-state index is 4.67. The average molecular weight is 247 g/mol. The molecule has 1 saturated carbocycles. The van der Waals surface area contributed by atoms with Crippen molar-refractivity contribution >= 4 is 0 Å². The lowest BCUT2D eigenvalue weighted by molar-refractivity contribution is 0.407. The van der Waals surface area contributed by atoms with Crippen molar-refractivity contribution in [3.8, 4) is 0 Å². The number of aromatic nitrogens is 4. The van der Waals surface area contributed by atoms with Crippen LogP contribution in [0.15, 0.2) is 23.2 Å². The molecule has 0 spiro atoms. The summed E-state index contributed by atoms with van der Waals surface area (Å²) in [7, 11) is 0. The molecule has 0 aromatic carbocycles. The van der Waals surface area contributed by atoms with Gasteiger partial charge in [0.25, 0.3) is 0 Å². The van der Waals surface area contributed by atoms with E-state index in [0.29, 0.717) is 18.4 Å². The van der Waals surface area contributed by atoms with E-state index in [4.69, 9.17) is 0 Å². The molecule has 1 aliphatic carbocycles. The van der Waals surface area contributed by atoms with Crippen LogP contribution in [0.2, 0.25) is 0 Å². The Balaban J connectivity index is 1.50. The number of nitrogens with zero attached hydrogens (tertiary/aromatic N) is 4. The Kier molecular flexibility index (Phi) is 3.36. The zero-order valence-corrected chi connectivity index (χ0v) is 10.2. The smallest absolute Gasteiger partial charge is 0.213 e. The molecule has 2 heterocycles. The van der Waals surface area contributed by atoms with Crippen molar-refractivity contribution in [2.45, 2.75) is 44.8 Å². The summed E-state index contributed by atoms with van der Waals surface area (Å²) in [6, 6.07) is 2.68. The zero-order valence-electron chi connectivity index (χ0n) is 10.2. The molecular formula is C12H17N5O. The molecule has 18 heavy (non-hydrogen) atoms. The maximum atomic E-state index is 4.67. The second-order valence-electron chi connectivity index (χ2n) is 4.68. The Bertz CT molecular complexity index is 472. The van der Waals surface area contributed by atoms with E-state index in [9.17, 15) is 0 Å². The Labute approximate surface area is 105 Å². The van der Waals surface area contributed by atoms with Crippen molar-refractivity contribution in [1.29, 1.82) is 0 Å². The van der Waals surface area contributed by atoms with Gasteiger partial charge in [-0.05, 0) is 18.9 Å². The van der Waals surface area contributed by atoms with Gasteiger partial charge in [0.15, 0.2) is 5.82 Å². The van der Waals surface area contributed by atoms with Gasteiger partial charge >= 0.3 is 0 Å². The largest absolute Gasteiger partial charge is 0.343 e. The maximum Gasteiger partial charge on any atom is 0.213 e. The van der Waals surface area contributed by atoms with E-state index >= 15 is 0 Å². The second kappa shape index (κ2) is 5.30. The highest BCUT2D eigenvalue weighted by atomic mass is 16.5. The molecular weight excluding hydrogens is 230 g/mol. The summed E-state index contributed by atoms with van der Waals surface area (Å²) in [5, 5.41) is 11.6. The minimum atomic E-state index is 0.604. The molecule has 3 rings (SSSR count). The van der Waals surface area contributed by atoms with Crippen LogP contribution in [0.5, 0.6) is 0 Å². The Morgan fingerprint density at radius 2 is 2.22 bits per heavy atom. The van der Waals surface area contributed by atoms with Gasteiger partial charge in [-0.1, -0.05) is 18.0 Å². The number of rotatable bonds is 5. The first-order chi connectivity index (χ1) is 8.92. The first-order valence-electron chi connectivity index (χ1n) is 6.42. The van der Waals surface area contributed by atoms with Crippen LogP contribution in [0.25, 0.3) is 0 Å². The number of hydrogen-bond acceptors (Lipinski definition) is 5. The monoisotopic (exact) mass is 247 g/mol. The van der Waals surface area contributed by atoms with Gasteiger partial charge in [0.1, 0.15) is 0 Å². The standard InChI is InChI=1S/C12H17N5O/c1-2-4-11(3-1)17-6-5-10(15-17)7-13-8-12-14-9-18-16-12/h5-6,9,11,13H,1-4,7-8H2. The van der Waals surface area contributed by atoms with Crippen molar-refractivity contribution in [1.82, 2.24) is 25.2 Å². The van der Waals surface area contributed by atoms with Crippen LogP contribution in [-0.2, 0) is 13.1 Å². The quantitative estimate of drug-likeness (QED) is 0.870. The summed E-state index contributed by atoms with van der Waals surface area (Å²) in [5.74, 6) is 0.672. The van der Waals surface area contributed by atoms with E-state index in [1.54, 1.807) is 0 Å². The van der Waals surface area contributed by atoms with Gasteiger partial charge in [-0.2, -0.15) is 10.1 Å². The first kappa shape index (κ1) is 11.4. The van der Waals surface area contributed by atoms with Crippen LogP contribution in [0.4, 0.5) is 0 Å². The molecule has 0 radical (unpaired) electrons. The summed E-state index contributed by atoms with van der Waals surface area (Å²) >= 11 is 0. The van der Waals surface area contributed by atoms with Crippen molar-refractivity contribution in [3.05, 3.63) is 30.2 Å². The molecule has 0 saturated heterocycles. The molecule has 0 unspecified atom stereocenters. The summed E-state index contributed by atoms with van der Waals surface area (Å²) in [6.45, 7) is 1.33. The van der Waals surface area contributed by atoms with Gasteiger partial charge in [0.2, 0.25) is 6.39 Å². The zero-order chi connectivity index (χ0) is 12.2. The van der Waals surface area contributed by atoms with Crippen molar-refractivity contribution in [3.63, 3.8) is 0 Å². The lowest BCUT2D eigenvalue weighted by Gasteiger charge is -2.08. The molecule has 2 aromatic rings. The van der Waals surface area contributed by atoms with E-state index in [-0.39, 0.29) is 0 Å². The minimum absolute atomic E-state index is 0.604. The highest BCUT2D eigenvalue weighted by Crippen LogP contribution is 2.28. The third-order valence-electron chi connectivity index (χ3n) is 3.36. The fraction of sp³-hybridized carbons (Fsp3) is 0.583. The fourth-order valence-corrected chi connectivity index (χ4v) is 2.42. The third kappa shape index (κ3) is 2.59. The lowest BCUT2D eigenvalue weighted by atomic mass is 10.3. The van der Waals surface area contributed by atoms with Gasteiger partial charge in [0.05, 0.1) is 18.3 Å². The van der Waals surface area contributed by atoms with Crippen molar-refractivity contribution < 1.29 is 4.52 Å². The van der Waals surface area contributed by atoms with Crippen LogP contribution in [0.3, 0.4) is 0 Å². The predicted molar refractivity (Wildman–Crippen MR) is 64.6 cm³/mol. The van der Waals surface area contributed by atoms with Gasteiger partial charge in [-0.25, -0.2) is 0 Å². The molecule has 2 aromatic heterocycles.